The highest BCUT2D eigenvalue weighted by molar-refractivity contribution is 5.82. The molecule has 110 valence electrons. The highest BCUT2D eigenvalue weighted by Crippen LogP contribution is 2.18. The number of carboxylic acids is 1. The lowest BCUT2D eigenvalue weighted by Crippen LogP contribution is -2.48. The second kappa shape index (κ2) is 7.34. The van der Waals surface area contributed by atoms with E-state index in [0.717, 1.165) is 5.56 Å². The van der Waals surface area contributed by atoms with Crippen LogP contribution in [0.15, 0.2) is 24.3 Å². The van der Waals surface area contributed by atoms with Gasteiger partial charge >= 0.3 is 12.0 Å². The summed E-state index contributed by atoms with van der Waals surface area (Å²) in [4.78, 5) is 23.9. The van der Waals surface area contributed by atoms with E-state index in [1.165, 1.54) is 19.1 Å². The normalized spacial score (nSPS) is 11.6. The summed E-state index contributed by atoms with van der Waals surface area (Å²) in [6.07, 6.45) is 0. The van der Waals surface area contributed by atoms with Crippen molar-refractivity contribution >= 4 is 12.0 Å². The Morgan fingerprint density at radius 2 is 2.05 bits per heavy atom. The van der Waals surface area contributed by atoms with Crippen LogP contribution in [0.1, 0.15) is 5.56 Å². The van der Waals surface area contributed by atoms with Gasteiger partial charge in [-0.1, -0.05) is 18.2 Å². The van der Waals surface area contributed by atoms with E-state index in [9.17, 15) is 9.59 Å². The Kier molecular flexibility index (Phi) is 5.79. The van der Waals surface area contributed by atoms with Gasteiger partial charge in [-0.15, -0.1) is 0 Å². The monoisotopic (exact) mass is 282 g/mol. The molecular weight excluding hydrogens is 264 g/mol. The molecule has 1 aromatic carbocycles. The van der Waals surface area contributed by atoms with E-state index in [1.807, 2.05) is 18.2 Å². The van der Waals surface area contributed by atoms with E-state index in [-0.39, 0.29) is 6.54 Å². The zero-order chi connectivity index (χ0) is 15.1. The van der Waals surface area contributed by atoms with E-state index in [2.05, 4.69) is 5.32 Å². The van der Waals surface area contributed by atoms with Crippen LogP contribution in [0.5, 0.6) is 5.75 Å². The third-order valence-corrected chi connectivity index (χ3v) is 2.73. The second-order valence-electron chi connectivity index (χ2n) is 4.19. The Bertz CT molecular complexity index is 478. The first-order valence-electron chi connectivity index (χ1n) is 5.96. The van der Waals surface area contributed by atoms with E-state index >= 15 is 0 Å². The lowest BCUT2D eigenvalue weighted by Gasteiger charge is -2.21. The van der Waals surface area contributed by atoms with Gasteiger partial charge in [0.25, 0.3) is 0 Å². The minimum absolute atomic E-state index is 0.258. The second-order valence-corrected chi connectivity index (χ2v) is 4.19. The van der Waals surface area contributed by atoms with Gasteiger partial charge in [0, 0.05) is 12.6 Å². The van der Waals surface area contributed by atoms with Gasteiger partial charge in [-0.3, -0.25) is 0 Å². The molecule has 0 saturated heterocycles. The van der Waals surface area contributed by atoms with Crippen LogP contribution in [0.3, 0.4) is 0 Å². The number of para-hydroxylation sites is 1. The number of aliphatic hydroxyl groups excluding tert-OH is 1. The highest BCUT2D eigenvalue weighted by atomic mass is 16.5. The molecule has 0 spiro atoms. The average Bonchev–Trinajstić information content (AvgIpc) is 2.44. The minimum Gasteiger partial charge on any atom is -0.496 e. The van der Waals surface area contributed by atoms with Crippen molar-refractivity contribution in [3.05, 3.63) is 29.8 Å². The molecule has 0 fully saturated rings. The van der Waals surface area contributed by atoms with Crippen LogP contribution < -0.4 is 10.1 Å². The number of aliphatic hydroxyl groups is 1. The summed E-state index contributed by atoms with van der Waals surface area (Å²) >= 11 is 0. The SMILES string of the molecule is COc1ccccc1CN(C)C(=O)N[C@H](CO)C(=O)O. The molecule has 0 unspecified atom stereocenters. The topological polar surface area (TPSA) is 99.1 Å². The lowest BCUT2D eigenvalue weighted by atomic mass is 10.2. The number of ether oxygens (including phenoxy) is 1. The Balaban J connectivity index is 2.68. The standard InChI is InChI=1S/C13H18N2O5/c1-15(13(19)14-10(8-16)12(17)18)7-9-5-3-4-6-11(9)20-2/h3-6,10,16H,7-8H2,1-2H3,(H,14,19)(H,17,18)/t10-/m1/s1. The van der Waals surface area contributed by atoms with E-state index in [0.29, 0.717) is 5.75 Å². The van der Waals surface area contributed by atoms with Crippen LogP contribution in [-0.2, 0) is 11.3 Å². The molecule has 3 N–H and O–H groups in total. The summed E-state index contributed by atoms with van der Waals surface area (Å²) in [5.74, 6) is -0.643. The number of carbonyl (C=O) groups excluding carboxylic acids is 1. The number of nitrogens with one attached hydrogen (secondary N) is 1. The highest BCUT2D eigenvalue weighted by Gasteiger charge is 2.21. The molecule has 1 rings (SSSR count). The molecule has 7 nitrogen and oxygen atoms in total. The largest absolute Gasteiger partial charge is 0.496 e. The molecule has 1 aromatic rings. The number of rotatable bonds is 6. The van der Waals surface area contributed by atoms with Gasteiger partial charge in [-0.05, 0) is 6.07 Å². The fraction of sp³-hybridized carbons (Fsp3) is 0.385. The first-order chi connectivity index (χ1) is 9.49. The fourth-order valence-electron chi connectivity index (χ4n) is 1.61. The predicted molar refractivity (Wildman–Crippen MR) is 71.5 cm³/mol. The van der Waals surface area contributed by atoms with Crippen LogP contribution in [-0.4, -0.2) is 53.9 Å². The van der Waals surface area contributed by atoms with Crippen LogP contribution in [0.2, 0.25) is 0 Å². The maximum absolute atomic E-state index is 11.8. The average molecular weight is 282 g/mol. The van der Waals surface area contributed by atoms with Crippen molar-refractivity contribution in [3.63, 3.8) is 0 Å². The quantitative estimate of drug-likeness (QED) is 0.696. The Hall–Kier alpha value is -2.28. The molecule has 0 aromatic heterocycles. The number of carboxylic acid groups (broad SMARTS) is 1. The molecule has 0 aliphatic rings. The minimum atomic E-state index is -1.32. The number of amides is 2. The van der Waals surface area contributed by atoms with E-state index < -0.39 is 24.6 Å². The molecule has 20 heavy (non-hydrogen) atoms. The maximum Gasteiger partial charge on any atom is 0.328 e. The summed E-state index contributed by atoms with van der Waals surface area (Å²) < 4.78 is 5.17. The van der Waals surface area contributed by atoms with E-state index in [1.54, 1.807) is 6.07 Å². The van der Waals surface area contributed by atoms with Crippen molar-refractivity contribution in [1.29, 1.82) is 0 Å². The number of nitrogens with zero attached hydrogens (tertiary/aromatic N) is 1. The van der Waals surface area contributed by atoms with Gasteiger partial charge < -0.3 is 25.2 Å². The smallest absolute Gasteiger partial charge is 0.328 e. The van der Waals surface area contributed by atoms with Crippen molar-refractivity contribution in [2.75, 3.05) is 20.8 Å². The van der Waals surface area contributed by atoms with Crippen LogP contribution >= 0.6 is 0 Å². The first kappa shape index (κ1) is 15.8. The molecule has 0 heterocycles. The summed E-state index contributed by atoms with van der Waals surface area (Å²) in [6.45, 7) is -0.406. The number of benzene rings is 1. The molecule has 0 aliphatic heterocycles. The first-order valence-corrected chi connectivity index (χ1v) is 5.96. The lowest BCUT2D eigenvalue weighted by molar-refractivity contribution is -0.140. The molecule has 0 bridgehead atoms. The summed E-state index contributed by atoms with van der Waals surface area (Å²) in [5.41, 5.74) is 0.795. The van der Waals surface area contributed by atoms with Crippen molar-refractivity contribution in [1.82, 2.24) is 10.2 Å². The Morgan fingerprint density at radius 3 is 2.60 bits per heavy atom. The van der Waals surface area contributed by atoms with Gasteiger partial charge in [0.15, 0.2) is 6.04 Å². The van der Waals surface area contributed by atoms with Crippen molar-refractivity contribution in [2.45, 2.75) is 12.6 Å². The summed E-state index contributed by atoms with van der Waals surface area (Å²) in [7, 11) is 3.06. The fourth-order valence-corrected chi connectivity index (χ4v) is 1.61. The number of carbonyl (C=O) groups is 2. The molecule has 0 saturated carbocycles. The third kappa shape index (κ3) is 4.13. The van der Waals surface area contributed by atoms with E-state index in [4.69, 9.17) is 14.9 Å². The number of hydrogen-bond donors (Lipinski definition) is 3. The molecule has 0 radical (unpaired) electrons. The molecule has 1 atom stereocenters. The summed E-state index contributed by atoms with van der Waals surface area (Å²) in [5, 5.41) is 19.8. The molecule has 2 amide bonds. The van der Waals surface area contributed by atoms with Crippen LogP contribution in [0, 0.1) is 0 Å². The van der Waals surface area contributed by atoms with Crippen molar-refractivity contribution in [2.24, 2.45) is 0 Å². The number of methoxy groups -OCH3 is 1. The molecule has 0 aliphatic carbocycles. The van der Waals surface area contributed by atoms with Crippen LogP contribution in [0.25, 0.3) is 0 Å². The Morgan fingerprint density at radius 1 is 1.40 bits per heavy atom. The van der Waals surface area contributed by atoms with Crippen molar-refractivity contribution < 1.29 is 24.5 Å². The van der Waals surface area contributed by atoms with Crippen molar-refractivity contribution in [3.8, 4) is 5.75 Å². The zero-order valence-corrected chi connectivity index (χ0v) is 11.4. The van der Waals surface area contributed by atoms with Gasteiger partial charge in [-0.2, -0.15) is 0 Å². The number of urea groups is 1. The predicted octanol–water partition coefficient (Wildman–Crippen LogP) is 0.282. The molecular formula is C13H18N2O5. The van der Waals surface area contributed by atoms with Gasteiger partial charge in [0.2, 0.25) is 0 Å². The molecule has 7 heteroatoms. The zero-order valence-electron chi connectivity index (χ0n) is 11.4. The summed E-state index contributed by atoms with van der Waals surface area (Å²) in [6, 6.07) is 5.31. The third-order valence-electron chi connectivity index (χ3n) is 2.73. The van der Waals surface area contributed by atoms with Gasteiger partial charge in [-0.25, -0.2) is 9.59 Å². The van der Waals surface area contributed by atoms with Gasteiger partial charge in [0.05, 0.1) is 20.3 Å². The van der Waals surface area contributed by atoms with Crippen LogP contribution in [0.4, 0.5) is 4.79 Å². The maximum atomic E-state index is 11.8. The number of hydrogen-bond acceptors (Lipinski definition) is 4. The number of aliphatic carboxylic acids is 1. The van der Waals surface area contributed by atoms with Gasteiger partial charge in [0.1, 0.15) is 5.75 Å². The Labute approximate surface area is 116 Å².